The van der Waals surface area contributed by atoms with E-state index in [0.29, 0.717) is 19.5 Å². The van der Waals surface area contributed by atoms with E-state index in [-0.39, 0.29) is 16.6 Å². The predicted molar refractivity (Wildman–Crippen MR) is 95.5 cm³/mol. The largest absolute Gasteiger partial charge is 0.373 e. The number of rotatable bonds is 3. The number of nitrogens with zero attached hydrogens (tertiary/aromatic N) is 4. The highest BCUT2D eigenvalue weighted by atomic mass is 32.2. The van der Waals surface area contributed by atoms with E-state index in [2.05, 4.69) is 9.88 Å². The lowest BCUT2D eigenvalue weighted by atomic mass is 10.1. The van der Waals surface area contributed by atoms with Crippen molar-refractivity contribution in [2.75, 3.05) is 18.5 Å². The fourth-order valence-electron chi connectivity index (χ4n) is 3.17. The van der Waals surface area contributed by atoms with Crippen molar-refractivity contribution in [2.24, 2.45) is 0 Å². The first-order valence-corrected chi connectivity index (χ1v) is 9.58. The molecule has 0 bridgehead atoms. The fraction of sp³-hybridized carbons (Fsp3) is 0.333. The highest BCUT2D eigenvalue weighted by Gasteiger charge is 2.34. The van der Waals surface area contributed by atoms with E-state index in [1.165, 1.54) is 18.3 Å². The Morgan fingerprint density at radius 3 is 2.68 bits per heavy atom. The standard InChI is InChI=1S/C18H20N4O2S/c1-3-16-13-21(2)18-7-5-4-6-14(18)12-22(16)25(23,24)17-9-8-15(10-19)20-11-17/h4-9,11,16H,3,12-13H2,1-2H3/t16-/m1/s1. The summed E-state index contributed by atoms with van der Waals surface area (Å²) in [5.74, 6) is 0. The molecule has 1 atom stereocenters. The summed E-state index contributed by atoms with van der Waals surface area (Å²) in [4.78, 5) is 6.14. The first kappa shape index (κ1) is 17.4. The quantitative estimate of drug-likeness (QED) is 0.844. The van der Waals surface area contributed by atoms with Gasteiger partial charge in [0.2, 0.25) is 10.0 Å². The number of anilines is 1. The van der Waals surface area contributed by atoms with Crippen molar-refractivity contribution in [1.82, 2.24) is 9.29 Å². The third-order valence-electron chi connectivity index (χ3n) is 4.55. The molecule has 7 heteroatoms. The molecule has 1 aliphatic rings. The van der Waals surface area contributed by atoms with Gasteiger partial charge in [0, 0.05) is 38.1 Å². The summed E-state index contributed by atoms with van der Waals surface area (Å²) in [5, 5.41) is 8.86. The van der Waals surface area contributed by atoms with Gasteiger partial charge in [-0.2, -0.15) is 9.57 Å². The minimum atomic E-state index is -3.70. The summed E-state index contributed by atoms with van der Waals surface area (Å²) in [7, 11) is -1.72. The van der Waals surface area contributed by atoms with Gasteiger partial charge in [0.1, 0.15) is 16.7 Å². The Morgan fingerprint density at radius 2 is 2.04 bits per heavy atom. The summed E-state index contributed by atoms with van der Waals surface area (Å²) < 4.78 is 28.0. The van der Waals surface area contributed by atoms with Crippen LogP contribution in [0.25, 0.3) is 0 Å². The lowest BCUT2D eigenvalue weighted by molar-refractivity contribution is 0.315. The molecule has 25 heavy (non-hydrogen) atoms. The molecule has 130 valence electrons. The fourth-order valence-corrected chi connectivity index (χ4v) is 4.78. The van der Waals surface area contributed by atoms with Crippen LogP contribution in [-0.4, -0.2) is 37.3 Å². The van der Waals surface area contributed by atoms with Crippen molar-refractivity contribution in [3.63, 3.8) is 0 Å². The van der Waals surface area contributed by atoms with Crippen LogP contribution in [0.5, 0.6) is 0 Å². The lowest BCUT2D eigenvalue weighted by Gasteiger charge is -2.29. The topological polar surface area (TPSA) is 77.3 Å². The van der Waals surface area contributed by atoms with Crippen LogP contribution in [-0.2, 0) is 16.6 Å². The molecule has 1 aromatic heterocycles. The van der Waals surface area contributed by atoms with Crippen LogP contribution in [0.1, 0.15) is 24.6 Å². The molecule has 0 aliphatic carbocycles. The number of benzene rings is 1. The summed E-state index contributed by atoms with van der Waals surface area (Å²) >= 11 is 0. The Bertz CT molecular complexity index is 903. The molecule has 3 rings (SSSR count). The van der Waals surface area contributed by atoms with E-state index >= 15 is 0 Å². The second kappa shape index (κ2) is 6.82. The minimum Gasteiger partial charge on any atom is -0.373 e. The molecule has 0 saturated carbocycles. The number of pyridine rings is 1. The first-order chi connectivity index (χ1) is 12.0. The van der Waals surface area contributed by atoms with E-state index in [1.54, 1.807) is 4.31 Å². The maximum Gasteiger partial charge on any atom is 0.245 e. The molecular formula is C18H20N4O2S. The average Bonchev–Trinajstić information content (AvgIpc) is 2.79. The molecule has 0 radical (unpaired) electrons. The van der Waals surface area contributed by atoms with Gasteiger partial charge < -0.3 is 4.90 Å². The Kier molecular flexibility index (Phi) is 4.75. The van der Waals surface area contributed by atoms with Gasteiger partial charge in [-0.1, -0.05) is 25.1 Å². The number of sulfonamides is 1. The van der Waals surface area contributed by atoms with Gasteiger partial charge >= 0.3 is 0 Å². The Balaban J connectivity index is 2.04. The maximum absolute atomic E-state index is 13.2. The van der Waals surface area contributed by atoms with Crippen molar-refractivity contribution >= 4 is 15.7 Å². The van der Waals surface area contributed by atoms with Crippen LogP contribution in [0.4, 0.5) is 5.69 Å². The summed E-state index contributed by atoms with van der Waals surface area (Å²) in [6.07, 6.45) is 1.97. The van der Waals surface area contributed by atoms with Gasteiger partial charge in [0.25, 0.3) is 0 Å². The second-order valence-electron chi connectivity index (χ2n) is 6.11. The van der Waals surface area contributed by atoms with Gasteiger partial charge in [0.05, 0.1) is 0 Å². The third-order valence-corrected chi connectivity index (χ3v) is 6.43. The summed E-state index contributed by atoms with van der Waals surface area (Å²) in [5.41, 5.74) is 2.23. The second-order valence-corrected chi connectivity index (χ2v) is 8.00. The lowest BCUT2D eigenvalue weighted by Crippen LogP contribution is -2.43. The van der Waals surface area contributed by atoms with E-state index in [1.807, 2.05) is 44.3 Å². The number of nitriles is 1. The van der Waals surface area contributed by atoms with E-state index in [4.69, 9.17) is 5.26 Å². The summed E-state index contributed by atoms with van der Waals surface area (Å²) in [6.45, 7) is 2.94. The van der Waals surface area contributed by atoms with Crippen LogP contribution >= 0.6 is 0 Å². The Hall–Kier alpha value is -2.43. The van der Waals surface area contributed by atoms with Gasteiger partial charge in [-0.3, -0.25) is 0 Å². The molecule has 1 aliphatic heterocycles. The van der Waals surface area contributed by atoms with Gasteiger partial charge in [-0.15, -0.1) is 0 Å². The van der Waals surface area contributed by atoms with E-state index in [9.17, 15) is 8.42 Å². The maximum atomic E-state index is 13.2. The number of likely N-dealkylation sites (N-methyl/N-ethyl adjacent to an activating group) is 1. The van der Waals surface area contributed by atoms with Crippen molar-refractivity contribution in [1.29, 1.82) is 5.26 Å². The smallest absolute Gasteiger partial charge is 0.245 e. The molecule has 1 aromatic carbocycles. The third kappa shape index (κ3) is 3.23. The summed E-state index contributed by atoms with van der Waals surface area (Å²) in [6, 6.07) is 12.5. The normalized spacial score (nSPS) is 18.3. The SMILES string of the molecule is CC[C@@H]1CN(C)c2ccccc2CN1S(=O)(=O)c1ccc(C#N)nc1. The highest BCUT2D eigenvalue weighted by molar-refractivity contribution is 7.89. The van der Waals surface area contributed by atoms with E-state index in [0.717, 1.165) is 11.3 Å². The van der Waals surface area contributed by atoms with Crippen molar-refractivity contribution < 1.29 is 8.42 Å². The van der Waals surface area contributed by atoms with Gasteiger partial charge in [-0.05, 0) is 30.2 Å². The van der Waals surface area contributed by atoms with Gasteiger partial charge in [0.15, 0.2) is 0 Å². The molecular weight excluding hydrogens is 336 g/mol. The molecule has 2 heterocycles. The van der Waals surface area contributed by atoms with Crippen LogP contribution in [0.3, 0.4) is 0 Å². The monoisotopic (exact) mass is 356 g/mol. The average molecular weight is 356 g/mol. The molecule has 0 N–H and O–H groups in total. The zero-order valence-electron chi connectivity index (χ0n) is 14.3. The van der Waals surface area contributed by atoms with E-state index < -0.39 is 10.0 Å². The number of fused-ring (bicyclic) bond motifs is 1. The van der Waals surface area contributed by atoms with Crippen LogP contribution in [0, 0.1) is 11.3 Å². The van der Waals surface area contributed by atoms with Crippen LogP contribution < -0.4 is 4.90 Å². The molecule has 2 aromatic rings. The number of para-hydroxylation sites is 1. The number of aromatic nitrogens is 1. The van der Waals surface area contributed by atoms with Crippen molar-refractivity contribution in [3.8, 4) is 6.07 Å². The van der Waals surface area contributed by atoms with Gasteiger partial charge in [-0.25, -0.2) is 13.4 Å². The number of hydrogen-bond acceptors (Lipinski definition) is 5. The first-order valence-electron chi connectivity index (χ1n) is 8.14. The zero-order valence-corrected chi connectivity index (χ0v) is 15.1. The minimum absolute atomic E-state index is 0.118. The molecule has 6 nitrogen and oxygen atoms in total. The molecule has 0 spiro atoms. The Labute approximate surface area is 148 Å². The van der Waals surface area contributed by atoms with Crippen molar-refractivity contribution in [2.45, 2.75) is 30.8 Å². The van der Waals surface area contributed by atoms with Crippen LogP contribution in [0.2, 0.25) is 0 Å². The Morgan fingerprint density at radius 1 is 1.28 bits per heavy atom. The van der Waals surface area contributed by atoms with Crippen LogP contribution in [0.15, 0.2) is 47.5 Å². The molecule has 0 saturated heterocycles. The molecule has 0 unspecified atom stereocenters. The predicted octanol–water partition coefficient (Wildman–Crippen LogP) is 2.37. The number of hydrogen-bond donors (Lipinski definition) is 0. The highest BCUT2D eigenvalue weighted by Crippen LogP contribution is 2.30. The molecule has 0 fully saturated rings. The molecule has 0 amide bonds. The zero-order chi connectivity index (χ0) is 18.0. The van der Waals surface area contributed by atoms with Crippen molar-refractivity contribution in [3.05, 3.63) is 53.9 Å².